The lowest BCUT2D eigenvalue weighted by atomic mass is 10.0. The molecule has 2 heterocycles. The van der Waals surface area contributed by atoms with Gasteiger partial charge in [0.2, 0.25) is 5.91 Å². The number of piperidine rings is 1. The SMILES string of the molecule is CC1CCCCN1C(=O)CSc1nc2cc(Cl)ccc2c(=O)n1-c1ccc(Cl)cc1. The Morgan fingerprint density at radius 2 is 1.87 bits per heavy atom. The van der Waals surface area contributed by atoms with E-state index in [0.717, 1.165) is 25.8 Å². The fourth-order valence-electron chi connectivity index (χ4n) is 3.73. The van der Waals surface area contributed by atoms with E-state index in [1.807, 2.05) is 4.90 Å². The molecule has 1 fully saturated rings. The van der Waals surface area contributed by atoms with Gasteiger partial charge in [0.25, 0.3) is 5.56 Å². The monoisotopic (exact) mass is 461 g/mol. The van der Waals surface area contributed by atoms with Crippen LogP contribution in [0.1, 0.15) is 26.2 Å². The number of halogens is 2. The number of rotatable bonds is 4. The molecule has 0 bridgehead atoms. The van der Waals surface area contributed by atoms with E-state index in [1.165, 1.54) is 16.3 Å². The predicted molar refractivity (Wildman–Crippen MR) is 123 cm³/mol. The summed E-state index contributed by atoms with van der Waals surface area (Å²) < 4.78 is 1.53. The van der Waals surface area contributed by atoms with Crippen molar-refractivity contribution < 1.29 is 4.79 Å². The maximum absolute atomic E-state index is 13.3. The number of thioether (sulfide) groups is 1. The number of carbonyl (C=O) groups is 1. The van der Waals surface area contributed by atoms with Crippen LogP contribution in [-0.4, -0.2) is 38.7 Å². The highest BCUT2D eigenvalue weighted by molar-refractivity contribution is 7.99. The molecule has 0 aliphatic carbocycles. The molecule has 1 atom stereocenters. The van der Waals surface area contributed by atoms with Gasteiger partial charge in [0.15, 0.2) is 5.16 Å². The Kier molecular flexibility index (Phi) is 6.37. The number of fused-ring (bicyclic) bond motifs is 1. The number of likely N-dealkylation sites (tertiary alicyclic amines) is 1. The minimum atomic E-state index is -0.208. The van der Waals surface area contributed by atoms with Gasteiger partial charge in [-0.3, -0.25) is 14.2 Å². The minimum Gasteiger partial charge on any atom is -0.339 e. The van der Waals surface area contributed by atoms with Crippen molar-refractivity contribution in [1.29, 1.82) is 0 Å². The largest absolute Gasteiger partial charge is 0.339 e. The molecule has 0 radical (unpaired) electrons. The van der Waals surface area contributed by atoms with Crippen LogP contribution in [-0.2, 0) is 4.79 Å². The first-order valence-corrected chi connectivity index (χ1v) is 11.6. The van der Waals surface area contributed by atoms with E-state index < -0.39 is 0 Å². The van der Waals surface area contributed by atoms with E-state index >= 15 is 0 Å². The zero-order valence-corrected chi connectivity index (χ0v) is 18.8. The van der Waals surface area contributed by atoms with Crippen molar-refractivity contribution >= 4 is 51.8 Å². The Morgan fingerprint density at radius 3 is 2.60 bits per heavy atom. The van der Waals surface area contributed by atoms with Crippen LogP contribution in [0.2, 0.25) is 10.0 Å². The van der Waals surface area contributed by atoms with Gasteiger partial charge < -0.3 is 4.90 Å². The third-order valence-corrected chi connectivity index (χ3v) is 6.74. The second-order valence-electron chi connectivity index (χ2n) is 7.39. The van der Waals surface area contributed by atoms with E-state index in [4.69, 9.17) is 23.2 Å². The van der Waals surface area contributed by atoms with Crippen molar-refractivity contribution in [3.05, 3.63) is 62.9 Å². The highest BCUT2D eigenvalue weighted by Gasteiger charge is 2.24. The molecule has 3 aromatic rings. The Balaban J connectivity index is 1.73. The summed E-state index contributed by atoms with van der Waals surface area (Å²) in [4.78, 5) is 32.7. The zero-order chi connectivity index (χ0) is 21.3. The standard InChI is InChI=1S/C22H21Cl2N3O2S/c1-14-4-2-3-11-26(14)20(28)13-30-22-25-19-12-16(24)7-10-18(19)21(29)27(22)17-8-5-15(23)6-9-17/h5-10,12,14H,2-4,11,13H2,1H3. The molecule has 1 unspecified atom stereocenters. The lowest BCUT2D eigenvalue weighted by Crippen LogP contribution is -2.43. The quantitative estimate of drug-likeness (QED) is 0.396. The van der Waals surface area contributed by atoms with Crippen molar-refractivity contribution in [3.8, 4) is 5.69 Å². The van der Waals surface area contributed by atoms with E-state index in [0.29, 0.717) is 31.8 Å². The molecule has 1 aromatic heterocycles. The summed E-state index contributed by atoms with van der Waals surface area (Å²) in [5.41, 5.74) is 0.953. The fraction of sp³-hybridized carbons (Fsp3) is 0.318. The van der Waals surface area contributed by atoms with Crippen LogP contribution >= 0.6 is 35.0 Å². The molecule has 0 spiro atoms. The number of carbonyl (C=O) groups excluding carboxylic acids is 1. The molecule has 2 aromatic carbocycles. The van der Waals surface area contributed by atoms with Crippen LogP contribution in [0.15, 0.2) is 52.4 Å². The molecule has 0 saturated carbocycles. The summed E-state index contributed by atoms with van der Waals surface area (Å²) >= 11 is 13.4. The molecule has 30 heavy (non-hydrogen) atoms. The van der Waals surface area contributed by atoms with Crippen molar-refractivity contribution in [1.82, 2.24) is 14.5 Å². The van der Waals surface area contributed by atoms with Crippen LogP contribution in [0.5, 0.6) is 0 Å². The van der Waals surface area contributed by atoms with Crippen LogP contribution in [0, 0.1) is 0 Å². The number of aromatic nitrogens is 2. The van der Waals surface area contributed by atoms with Crippen molar-refractivity contribution in [3.63, 3.8) is 0 Å². The van der Waals surface area contributed by atoms with Crippen LogP contribution < -0.4 is 5.56 Å². The van der Waals surface area contributed by atoms with Gasteiger partial charge in [-0.15, -0.1) is 0 Å². The van der Waals surface area contributed by atoms with Gasteiger partial charge in [-0.1, -0.05) is 35.0 Å². The lowest BCUT2D eigenvalue weighted by molar-refractivity contribution is -0.131. The van der Waals surface area contributed by atoms with Crippen molar-refractivity contribution in [2.24, 2.45) is 0 Å². The first-order chi connectivity index (χ1) is 14.4. The molecule has 1 amide bonds. The van der Waals surface area contributed by atoms with Gasteiger partial charge in [-0.2, -0.15) is 0 Å². The molecule has 4 rings (SSSR count). The van der Waals surface area contributed by atoms with Crippen LogP contribution in [0.4, 0.5) is 0 Å². The Labute approximate surface area is 189 Å². The van der Waals surface area contributed by atoms with Crippen LogP contribution in [0.3, 0.4) is 0 Å². The minimum absolute atomic E-state index is 0.0651. The summed E-state index contributed by atoms with van der Waals surface area (Å²) in [6.45, 7) is 2.87. The molecule has 1 aliphatic rings. The van der Waals surface area contributed by atoms with E-state index in [2.05, 4.69) is 11.9 Å². The smallest absolute Gasteiger partial charge is 0.266 e. The van der Waals surface area contributed by atoms with Gasteiger partial charge in [0.05, 0.1) is 22.3 Å². The van der Waals surface area contributed by atoms with Gasteiger partial charge in [0.1, 0.15) is 0 Å². The zero-order valence-electron chi connectivity index (χ0n) is 16.5. The highest BCUT2D eigenvalue weighted by Crippen LogP contribution is 2.25. The molecule has 156 valence electrons. The summed E-state index contributed by atoms with van der Waals surface area (Å²) in [5, 5.41) is 2.01. The Morgan fingerprint density at radius 1 is 1.13 bits per heavy atom. The number of amides is 1. The Hall–Kier alpha value is -2.02. The molecular formula is C22H21Cl2N3O2S. The summed E-state index contributed by atoms with van der Waals surface area (Å²) in [7, 11) is 0. The first kappa shape index (κ1) is 21.2. The maximum atomic E-state index is 13.3. The predicted octanol–water partition coefficient (Wildman–Crippen LogP) is 5.19. The molecule has 1 saturated heterocycles. The number of hydrogen-bond donors (Lipinski definition) is 0. The molecule has 1 aliphatic heterocycles. The summed E-state index contributed by atoms with van der Waals surface area (Å²) in [5.74, 6) is 0.284. The van der Waals surface area contributed by atoms with Gasteiger partial charge in [0, 0.05) is 22.6 Å². The summed E-state index contributed by atoms with van der Waals surface area (Å²) in [6.07, 6.45) is 3.21. The van der Waals surface area contributed by atoms with Crippen LogP contribution in [0.25, 0.3) is 16.6 Å². The number of nitrogens with zero attached hydrogens (tertiary/aromatic N) is 3. The summed E-state index contributed by atoms with van der Waals surface area (Å²) in [6, 6.07) is 12.3. The normalized spacial score (nSPS) is 16.8. The van der Waals surface area contributed by atoms with Gasteiger partial charge >= 0.3 is 0 Å². The number of hydrogen-bond acceptors (Lipinski definition) is 4. The van der Waals surface area contributed by atoms with Gasteiger partial charge in [-0.25, -0.2) is 4.98 Å². The second kappa shape index (κ2) is 9.00. The topological polar surface area (TPSA) is 55.2 Å². The lowest BCUT2D eigenvalue weighted by Gasteiger charge is -2.33. The van der Waals surface area contributed by atoms with Gasteiger partial charge in [-0.05, 0) is 68.7 Å². The molecular weight excluding hydrogens is 441 g/mol. The fourth-order valence-corrected chi connectivity index (χ4v) is 4.92. The third-order valence-electron chi connectivity index (χ3n) is 5.33. The molecule has 5 nitrogen and oxygen atoms in total. The maximum Gasteiger partial charge on any atom is 0.266 e. The van der Waals surface area contributed by atoms with E-state index in [9.17, 15) is 9.59 Å². The molecule has 0 N–H and O–H groups in total. The van der Waals surface area contributed by atoms with E-state index in [-0.39, 0.29) is 23.3 Å². The molecule has 8 heteroatoms. The second-order valence-corrected chi connectivity index (χ2v) is 9.21. The Bertz CT molecular complexity index is 1150. The van der Waals surface area contributed by atoms with E-state index in [1.54, 1.807) is 42.5 Å². The number of benzene rings is 2. The first-order valence-electron chi connectivity index (χ1n) is 9.84. The van der Waals surface area contributed by atoms with Crippen molar-refractivity contribution in [2.75, 3.05) is 12.3 Å². The highest BCUT2D eigenvalue weighted by atomic mass is 35.5. The average Bonchev–Trinajstić information content (AvgIpc) is 2.73. The van der Waals surface area contributed by atoms with Crippen molar-refractivity contribution in [2.45, 2.75) is 37.4 Å². The average molecular weight is 462 g/mol. The third kappa shape index (κ3) is 4.36.